The van der Waals surface area contributed by atoms with Gasteiger partial charge in [-0.25, -0.2) is 8.78 Å². The van der Waals surface area contributed by atoms with Crippen LogP contribution < -0.4 is 5.32 Å². The number of carbonyl (C=O) groups excluding carboxylic acids is 1. The fourth-order valence-corrected chi connectivity index (χ4v) is 1.59. The van der Waals surface area contributed by atoms with Gasteiger partial charge in [-0.2, -0.15) is 17.7 Å². The molecular weight excluding hydrogens is 282 g/mol. The molecule has 1 aromatic rings. The van der Waals surface area contributed by atoms with Gasteiger partial charge in [-0.05, 0) is 6.92 Å². The number of halogens is 2. The van der Waals surface area contributed by atoms with Crippen LogP contribution in [-0.4, -0.2) is 32.9 Å². The van der Waals surface area contributed by atoms with Crippen molar-refractivity contribution in [3.8, 4) is 0 Å². The highest BCUT2D eigenvalue weighted by Gasteiger charge is 2.31. The molecule has 19 heavy (non-hydrogen) atoms. The smallest absolute Gasteiger partial charge is 0.319 e. The topological polar surface area (TPSA) is 90.1 Å². The minimum atomic E-state index is -3.07. The number of aromatic nitrogens is 2. The third kappa shape index (κ3) is 3.63. The van der Waals surface area contributed by atoms with Gasteiger partial charge in [-0.15, -0.1) is 0 Å². The Balaban J connectivity index is 3.00. The van der Waals surface area contributed by atoms with Gasteiger partial charge in [0.1, 0.15) is 12.2 Å². The minimum absolute atomic E-state index is 0.0821. The van der Waals surface area contributed by atoms with E-state index in [-0.39, 0.29) is 12.2 Å². The normalized spacial score (nSPS) is 10.8. The second kappa shape index (κ2) is 6.45. The van der Waals surface area contributed by atoms with Gasteiger partial charge in [-0.1, -0.05) is 0 Å². The van der Waals surface area contributed by atoms with E-state index in [0.29, 0.717) is 12.3 Å². The lowest BCUT2D eigenvalue weighted by molar-refractivity contribution is -0.386. The van der Waals surface area contributed by atoms with Crippen molar-refractivity contribution in [2.24, 2.45) is 0 Å². The van der Waals surface area contributed by atoms with E-state index in [2.05, 4.69) is 23.0 Å². The highest BCUT2D eigenvalue weighted by Crippen LogP contribution is 2.30. The molecule has 1 heterocycles. The molecule has 0 unspecified atom stereocenters. The van der Waals surface area contributed by atoms with E-state index in [4.69, 9.17) is 0 Å². The third-order valence-electron chi connectivity index (χ3n) is 2.32. The van der Waals surface area contributed by atoms with Crippen LogP contribution in [0.15, 0.2) is 0 Å². The van der Waals surface area contributed by atoms with Crippen molar-refractivity contribution >= 4 is 24.2 Å². The highest BCUT2D eigenvalue weighted by atomic mass is 32.1. The third-order valence-corrected chi connectivity index (χ3v) is 2.54. The van der Waals surface area contributed by atoms with Crippen molar-refractivity contribution in [1.29, 1.82) is 0 Å². The number of hydrogen-bond donors (Lipinski definition) is 2. The zero-order valence-electron chi connectivity index (χ0n) is 9.97. The lowest BCUT2D eigenvalue weighted by atomic mass is 10.3. The van der Waals surface area contributed by atoms with Crippen LogP contribution in [0.3, 0.4) is 0 Å². The van der Waals surface area contributed by atoms with Crippen LogP contribution in [-0.2, 0) is 11.3 Å². The molecule has 0 fully saturated rings. The largest absolute Gasteiger partial charge is 0.354 e. The Bertz CT molecular complexity index is 492. The molecule has 106 valence electrons. The first kappa shape index (κ1) is 15.3. The first-order chi connectivity index (χ1) is 8.88. The molecule has 1 aromatic heterocycles. The molecule has 0 aliphatic heterocycles. The van der Waals surface area contributed by atoms with Crippen molar-refractivity contribution in [2.75, 3.05) is 12.3 Å². The number of nitrogens with one attached hydrogen (secondary N) is 1. The molecule has 10 heteroatoms. The number of rotatable bonds is 6. The van der Waals surface area contributed by atoms with Crippen molar-refractivity contribution in [2.45, 2.75) is 19.9 Å². The lowest BCUT2D eigenvalue weighted by Gasteiger charge is -2.04. The Kier molecular flexibility index (Phi) is 5.21. The maximum absolute atomic E-state index is 12.6. The molecule has 0 aliphatic rings. The van der Waals surface area contributed by atoms with E-state index in [0.717, 1.165) is 4.68 Å². The summed E-state index contributed by atoms with van der Waals surface area (Å²) in [5.74, 6) is -0.0536. The van der Waals surface area contributed by atoms with Crippen LogP contribution >= 0.6 is 12.6 Å². The van der Waals surface area contributed by atoms with Crippen LogP contribution in [0.4, 0.5) is 14.5 Å². The number of thiol groups is 1. The fraction of sp³-hybridized carbons (Fsp3) is 0.556. The average Bonchev–Trinajstić information content (AvgIpc) is 2.64. The van der Waals surface area contributed by atoms with E-state index < -0.39 is 28.6 Å². The Morgan fingerprint density at radius 2 is 2.26 bits per heavy atom. The number of nitrogens with zero attached hydrogens (tertiary/aromatic N) is 3. The number of nitro groups is 1. The highest BCUT2D eigenvalue weighted by molar-refractivity contribution is 7.80. The zero-order chi connectivity index (χ0) is 14.6. The molecule has 0 radical (unpaired) electrons. The van der Waals surface area contributed by atoms with Crippen molar-refractivity contribution < 1.29 is 18.5 Å². The summed E-state index contributed by atoms with van der Waals surface area (Å²) >= 11 is 3.89. The van der Waals surface area contributed by atoms with Crippen LogP contribution in [0, 0.1) is 17.0 Å². The average molecular weight is 294 g/mol. The standard InChI is InChI=1S/C9H12F2N4O3S/c1-5-8(15(17)18)7(9(10)11)13-14(5)4-6(16)12-2-3-19/h9,19H,2-4H2,1H3,(H,12,16). The molecule has 7 nitrogen and oxygen atoms in total. The van der Waals surface area contributed by atoms with E-state index in [9.17, 15) is 23.7 Å². The van der Waals surface area contributed by atoms with E-state index in [1.54, 1.807) is 0 Å². The summed E-state index contributed by atoms with van der Waals surface area (Å²) < 4.78 is 26.2. The zero-order valence-corrected chi connectivity index (χ0v) is 10.9. The Labute approximate surface area is 112 Å². The molecule has 0 aliphatic carbocycles. The maximum Gasteiger partial charge on any atom is 0.319 e. The van der Waals surface area contributed by atoms with Crippen molar-refractivity contribution in [1.82, 2.24) is 15.1 Å². The summed E-state index contributed by atoms with van der Waals surface area (Å²) in [6.45, 7) is 1.22. The monoisotopic (exact) mass is 294 g/mol. The summed E-state index contributed by atoms with van der Waals surface area (Å²) in [6.07, 6.45) is -3.07. The molecular formula is C9H12F2N4O3S. The number of alkyl halides is 2. The summed E-state index contributed by atoms with van der Waals surface area (Å²) in [4.78, 5) is 21.2. The quantitative estimate of drug-likeness (QED) is 0.467. The first-order valence-electron chi connectivity index (χ1n) is 5.25. The van der Waals surface area contributed by atoms with Gasteiger partial charge in [0.2, 0.25) is 11.6 Å². The maximum atomic E-state index is 12.6. The van der Waals surface area contributed by atoms with Gasteiger partial charge < -0.3 is 5.32 Å². The predicted octanol–water partition coefficient (Wildman–Crippen LogP) is 1.08. The fourth-order valence-electron chi connectivity index (χ4n) is 1.47. The molecule has 0 saturated carbocycles. The van der Waals surface area contributed by atoms with Gasteiger partial charge in [0.15, 0.2) is 0 Å². The molecule has 1 N–H and O–H groups in total. The molecule has 1 amide bonds. The molecule has 0 bridgehead atoms. The van der Waals surface area contributed by atoms with Gasteiger partial charge in [0.25, 0.3) is 6.43 Å². The Hall–Kier alpha value is -1.71. The Morgan fingerprint density at radius 1 is 1.63 bits per heavy atom. The summed E-state index contributed by atoms with van der Waals surface area (Å²) in [5.41, 5.74) is -1.76. The van der Waals surface area contributed by atoms with E-state index >= 15 is 0 Å². The Morgan fingerprint density at radius 3 is 2.68 bits per heavy atom. The minimum Gasteiger partial charge on any atom is -0.354 e. The van der Waals surface area contributed by atoms with Crippen molar-refractivity contribution in [3.63, 3.8) is 0 Å². The SMILES string of the molecule is Cc1c([N+](=O)[O-])c(C(F)F)nn1CC(=O)NCCS. The second-order valence-corrected chi connectivity index (χ2v) is 4.06. The van der Waals surface area contributed by atoms with Crippen LogP contribution in [0.25, 0.3) is 0 Å². The number of hydrogen-bond acceptors (Lipinski definition) is 5. The number of carbonyl (C=O) groups is 1. The van der Waals surface area contributed by atoms with Gasteiger partial charge >= 0.3 is 5.69 Å². The van der Waals surface area contributed by atoms with Gasteiger partial charge in [0.05, 0.1) is 4.92 Å². The van der Waals surface area contributed by atoms with Gasteiger partial charge in [-0.3, -0.25) is 19.6 Å². The summed E-state index contributed by atoms with van der Waals surface area (Å²) in [5, 5.41) is 16.6. The van der Waals surface area contributed by atoms with E-state index in [1.165, 1.54) is 6.92 Å². The molecule has 0 aromatic carbocycles. The molecule has 1 rings (SSSR count). The molecule has 0 saturated heterocycles. The molecule has 0 spiro atoms. The predicted molar refractivity (Wildman–Crippen MR) is 65.4 cm³/mol. The second-order valence-electron chi connectivity index (χ2n) is 3.61. The summed E-state index contributed by atoms with van der Waals surface area (Å²) in [6, 6.07) is 0. The van der Waals surface area contributed by atoms with E-state index in [1.807, 2.05) is 0 Å². The van der Waals surface area contributed by atoms with Crippen LogP contribution in [0.2, 0.25) is 0 Å². The van der Waals surface area contributed by atoms with Gasteiger partial charge in [0, 0.05) is 12.3 Å². The van der Waals surface area contributed by atoms with Crippen LogP contribution in [0.5, 0.6) is 0 Å². The first-order valence-corrected chi connectivity index (χ1v) is 5.89. The summed E-state index contributed by atoms with van der Waals surface area (Å²) in [7, 11) is 0. The number of amides is 1. The van der Waals surface area contributed by atoms with Crippen LogP contribution in [0.1, 0.15) is 17.8 Å². The molecule has 0 atom stereocenters. The lowest BCUT2D eigenvalue weighted by Crippen LogP contribution is -2.29. The van der Waals surface area contributed by atoms with Crippen molar-refractivity contribution in [3.05, 3.63) is 21.5 Å².